The Morgan fingerprint density at radius 2 is 1.98 bits per heavy atom. The zero-order chi connectivity index (χ0) is 30.0. The van der Waals surface area contributed by atoms with Gasteiger partial charge in [-0.1, -0.05) is 0 Å². The molecule has 1 atom stereocenters. The minimum absolute atomic E-state index is 0.0572. The van der Waals surface area contributed by atoms with E-state index in [0.29, 0.717) is 59.7 Å². The Labute approximate surface area is 239 Å². The molecule has 0 saturated heterocycles. The van der Waals surface area contributed by atoms with Crippen LogP contribution in [0.5, 0.6) is 0 Å². The van der Waals surface area contributed by atoms with Crippen LogP contribution in [0.25, 0.3) is 16.9 Å². The first-order valence-electron chi connectivity index (χ1n) is 13.6. The topological polar surface area (TPSA) is 141 Å². The van der Waals surface area contributed by atoms with Crippen molar-refractivity contribution in [2.24, 2.45) is 0 Å². The lowest BCUT2D eigenvalue weighted by molar-refractivity contribution is -0.00177. The van der Waals surface area contributed by atoms with Crippen LogP contribution in [0.4, 0.5) is 18.9 Å². The second-order valence-corrected chi connectivity index (χ2v) is 11.0. The molecule has 0 radical (unpaired) electrons. The highest BCUT2D eigenvalue weighted by Gasteiger charge is 2.29. The number of hydrogen-bond acceptors (Lipinski definition) is 8. The molecule has 1 fully saturated rings. The van der Waals surface area contributed by atoms with Gasteiger partial charge in [0, 0.05) is 18.2 Å². The number of nitriles is 1. The molecule has 0 bridgehead atoms. The van der Waals surface area contributed by atoms with Crippen LogP contribution in [0, 0.1) is 11.3 Å². The quantitative estimate of drug-likeness (QED) is 0.246. The number of anilines is 1. The van der Waals surface area contributed by atoms with Gasteiger partial charge in [-0.05, 0) is 63.8 Å². The number of alkyl halides is 3. The summed E-state index contributed by atoms with van der Waals surface area (Å²) in [7, 11) is 0. The van der Waals surface area contributed by atoms with Crippen LogP contribution in [0.1, 0.15) is 79.4 Å². The minimum atomic E-state index is -2.69. The number of aliphatic hydroxyl groups is 1. The summed E-state index contributed by atoms with van der Waals surface area (Å²) in [6, 6.07) is 9.03. The number of rotatable bonds is 9. The van der Waals surface area contributed by atoms with Gasteiger partial charge in [0.25, 0.3) is 12.3 Å². The Morgan fingerprint density at radius 3 is 2.64 bits per heavy atom. The van der Waals surface area contributed by atoms with E-state index >= 15 is 0 Å². The number of oxazole rings is 1. The SMILES string of the molecule is CC(C)(O)[C@H](F)CNC(=O)c1cnc(-c2ccc3cc(C#N)cnn23)cc1NC1CCC(c2nc(C(F)F)co2)CC1. The standard InChI is InChI=1S/C29H30F3N7O3/c1-29(2,41)25(30)14-35-27(40)20-13-34-22(24-8-7-19-9-16(11-33)12-36-39(19)24)10-21(20)37-18-5-3-17(4-6-18)28-38-23(15-42-28)26(31)32/h7-10,12-13,15,17-18,25-26,41H,3-6,14H2,1-2H3,(H,34,37)(H,35,40)/t17?,18?,25-/m1/s1. The lowest BCUT2D eigenvalue weighted by Gasteiger charge is -2.29. The van der Waals surface area contributed by atoms with Crippen molar-refractivity contribution in [2.45, 2.75) is 69.7 Å². The molecular formula is C29H30F3N7O3. The highest BCUT2D eigenvalue weighted by molar-refractivity contribution is 6.00. The van der Waals surface area contributed by atoms with Crippen LogP contribution < -0.4 is 10.6 Å². The third-order valence-corrected chi connectivity index (χ3v) is 7.45. The molecule has 5 rings (SSSR count). The smallest absolute Gasteiger partial charge is 0.283 e. The van der Waals surface area contributed by atoms with E-state index in [1.54, 1.807) is 22.7 Å². The molecule has 4 aromatic rings. The number of pyridine rings is 1. The maximum Gasteiger partial charge on any atom is 0.283 e. The third-order valence-electron chi connectivity index (χ3n) is 7.45. The number of halogens is 3. The average Bonchev–Trinajstić information content (AvgIpc) is 3.63. The van der Waals surface area contributed by atoms with Crippen LogP contribution in [0.2, 0.25) is 0 Å². The number of nitrogens with one attached hydrogen (secondary N) is 2. The molecule has 220 valence electrons. The zero-order valence-electron chi connectivity index (χ0n) is 23.0. The number of carbonyl (C=O) groups excluding carboxylic acids is 1. The van der Waals surface area contributed by atoms with Gasteiger partial charge in [-0.2, -0.15) is 10.4 Å². The molecule has 13 heteroatoms. The van der Waals surface area contributed by atoms with E-state index in [1.807, 2.05) is 6.07 Å². The van der Waals surface area contributed by atoms with E-state index in [9.17, 15) is 28.3 Å². The second kappa shape index (κ2) is 11.8. The van der Waals surface area contributed by atoms with Gasteiger partial charge in [-0.3, -0.25) is 9.78 Å². The van der Waals surface area contributed by atoms with Gasteiger partial charge in [0.05, 0.1) is 52.1 Å². The Bertz CT molecular complexity index is 1610. The lowest BCUT2D eigenvalue weighted by Crippen LogP contribution is -2.42. The molecule has 3 N–H and O–H groups in total. The molecule has 4 heterocycles. The first-order valence-corrected chi connectivity index (χ1v) is 13.6. The van der Waals surface area contributed by atoms with Crippen molar-refractivity contribution < 1.29 is 27.5 Å². The number of nitrogens with zero attached hydrogens (tertiary/aromatic N) is 5. The van der Waals surface area contributed by atoms with Gasteiger partial charge in [0.1, 0.15) is 24.2 Å². The average molecular weight is 582 g/mol. The highest BCUT2D eigenvalue weighted by Crippen LogP contribution is 2.35. The summed E-state index contributed by atoms with van der Waals surface area (Å²) in [5.74, 6) is -0.353. The molecule has 42 heavy (non-hydrogen) atoms. The number of fused-ring (bicyclic) bond motifs is 1. The second-order valence-electron chi connectivity index (χ2n) is 11.0. The van der Waals surface area contributed by atoms with E-state index in [1.165, 1.54) is 26.2 Å². The van der Waals surface area contributed by atoms with E-state index in [4.69, 9.17) is 4.42 Å². The van der Waals surface area contributed by atoms with Gasteiger partial charge in [-0.15, -0.1) is 0 Å². The van der Waals surface area contributed by atoms with E-state index in [0.717, 1.165) is 6.26 Å². The first-order chi connectivity index (χ1) is 20.0. The van der Waals surface area contributed by atoms with Crippen molar-refractivity contribution in [3.8, 4) is 17.5 Å². The molecule has 0 aromatic carbocycles. The molecule has 1 saturated carbocycles. The zero-order valence-corrected chi connectivity index (χ0v) is 23.0. The Hall–Kier alpha value is -4.44. The van der Waals surface area contributed by atoms with Gasteiger partial charge in [0.15, 0.2) is 5.89 Å². The predicted octanol–water partition coefficient (Wildman–Crippen LogP) is 5.17. The lowest BCUT2D eigenvalue weighted by atomic mass is 9.85. The summed E-state index contributed by atoms with van der Waals surface area (Å²) < 4.78 is 47.2. The van der Waals surface area contributed by atoms with Crippen molar-refractivity contribution in [2.75, 3.05) is 11.9 Å². The molecule has 1 amide bonds. The van der Waals surface area contributed by atoms with Crippen LogP contribution >= 0.6 is 0 Å². The molecule has 0 unspecified atom stereocenters. The van der Waals surface area contributed by atoms with Crippen molar-refractivity contribution in [1.29, 1.82) is 5.26 Å². The fourth-order valence-corrected chi connectivity index (χ4v) is 4.97. The number of carbonyl (C=O) groups is 1. The molecule has 0 spiro atoms. The highest BCUT2D eigenvalue weighted by atomic mass is 19.3. The monoisotopic (exact) mass is 581 g/mol. The number of amides is 1. The first kappa shape index (κ1) is 29.1. The van der Waals surface area contributed by atoms with Gasteiger partial charge < -0.3 is 20.2 Å². The molecule has 10 nitrogen and oxygen atoms in total. The summed E-state index contributed by atoms with van der Waals surface area (Å²) in [6.07, 6.45) is 2.08. The van der Waals surface area contributed by atoms with Crippen molar-refractivity contribution in [1.82, 2.24) is 24.9 Å². The number of hydrogen-bond donors (Lipinski definition) is 3. The van der Waals surface area contributed by atoms with Crippen molar-refractivity contribution >= 4 is 17.1 Å². The van der Waals surface area contributed by atoms with Crippen molar-refractivity contribution in [3.63, 3.8) is 0 Å². The number of aromatic nitrogens is 4. The Kier molecular flexibility index (Phi) is 8.17. The van der Waals surface area contributed by atoms with E-state index in [-0.39, 0.29) is 29.8 Å². The Morgan fingerprint density at radius 1 is 1.21 bits per heavy atom. The molecule has 0 aliphatic heterocycles. The largest absolute Gasteiger partial charge is 0.448 e. The van der Waals surface area contributed by atoms with Crippen LogP contribution in [-0.2, 0) is 0 Å². The van der Waals surface area contributed by atoms with Gasteiger partial charge in [0.2, 0.25) is 0 Å². The maximum atomic E-state index is 14.4. The van der Waals surface area contributed by atoms with E-state index < -0.39 is 24.1 Å². The summed E-state index contributed by atoms with van der Waals surface area (Å²) >= 11 is 0. The molecule has 1 aliphatic rings. The van der Waals surface area contributed by atoms with E-state index in [2.05, 4.69) is 31.8 Å². The Balaban J connectivity index is 1.38. The summed E-state index contributed by atoms with van der Waals surface area (Å²) in [6.45, 7) is 2.26. The van der Waals surface area contributed by atoms with Crippen molar-refractivity contribution in [3.05, 3.63) is 65.6 Å². The summed E-state index contributed by atoms with van der Waals surface area (Å²) in [5.41, 5.74) is 0.930. The normalized spacial score (nSPS) is 18.1. The fraction of sp³-hybridized carbons (Fsp3) is 0.414. The molecule has 1 aliphatic carbocycles. The summed E-state index contributed by atoms with van der Waals surface area (Å²) in [4.78, 5) is 21.6. The fourth-order valence-electron chi connectivity index (χ4n) is 4.97. The predicted molar refractivity (Wildman–Crippen MR) is 147 cm³/mol. The van der Waals surface area contributed by atoms with Crippen LogP contribution in [0.3, 0.4) is 0 Å². The van der Waals surface area contributed by atoms with Crippen LogP contribution in [-0.4, -0.2) is 55.0 Å². The third kappa shape index (κ3) is 6.23. The minimum Gasteiger partial charge on any atom is -0.448 e. The molecule has 4 aromatic heterocycles. The maximum absolute atomic E-state index is 14.4. The molecular weight excluding hydrogens is 551 g/mol. The van der Waals surface area contributed by atoms with Gasteiger partial charge >= 0.3 is 0 Å². The van der Waals surface area contributed by atoms with Crippen LogP contribution in [0.15, 0.2) is 47.3 Å². The van der Waals surface area contributed by atoms with Gasteiger partial charge in [-0.25, -0.2) is 22.7 Å². The summed E-state index contributed by atoms with van der Waals surface area (Å²) in [5, 5.41) is 29.4.